The van der Waals surface area contributed by atoms with Crippen LogP contribution in [0, 0.1) is 0 Å². The van der Waals surface area contributed by atoms with Crippen LogP contribution in [-0.2, 0) is 28.1 Å². The van der Waals surface area contributed by atoms with Crippen molar-refractivity contribution in [3.8, 4) is 0 Å². The number of hydrogen-bond acceptors (Lipinski definition) is 5. The highest BCUT2D eigenvalue weighted by Crippen LogP contribution is 2.29. The SMILES string of the molecule is CC(C)c1nnc2n1C(C)(C(=O)NCCCN1CCCc3ccccc31)COC2. The first-order valence-electron chi connectivity index (χ1n) is 10.6. The van der Waals surface area contributed by atoms with Crippen LogP contribution in [0.15, 0.2) is 24.3 Å². The number of nitrogens with zero attached hydrogens (tertiary/aromatic N) is 4. The molecule has 1 aromatic heterocycles. The fraction of sp³-hybridized carbons (Fsp3) is 0.591. The molecular weight excluding hydrogens is 366 g/mol. The van der Waals surface area contributed by atoms with Crippen molar-refractivity contribution < 1.29 is 9.53 Å². The molecule has 0 saturated carbocycles. The lowest BCUT2D eigenvalue weighted by Crippen LogP contribution is -2.53. The molecule has 1 N–H and O–H groups in total. The first kappa shape index (κ1) is 19.9. The third kappa shape index (κ3) is 3.75. The Labute approximate surface area is 172 Å². The molecule has 1 unspecified atom stereocenters. The minimum Gasteiger partial charge on any atom is -0.371 e. The van der Waals surface area contributed by atoms with Gasteiger partial charge in [-0.25, -0.2) is 0 Å². The molecule has 2 aliphatic heterocycles. The van der Waals surface area contributed by atoms with Gasteiger partial charge < -0.3 is 15.0 Å². The average molecular weight is 398 g/mol. The molecule has 0 spiro atoms. The molecule has 1 atom stereocenters. The summed E-state index contributed by atoms with van der Waals surface area (Å²) in [5.74, 6) is 1.73. The number of carbonyl (C=O) groups is 1. The molecule has 2 aliphatic rings. The summed E-state index contributed by atoms with van der Waals surface area (Å²) in [4.78, 5) is 15.6. The number of hydrogen-bond donors (Lipinski definition) is 1. The molecule has 3 heterocycles. The fourth-order valence-corrected chi connectivity index (χ4v) is 4.41. The highest BCUT2D eigenvalue weighted by Gasteiger charge is 2.42. The molecule has 4 rings (SSSR count). The van der Waals surface area contributed by atoms with Gasteiger partial charge >= 0.3 is 0 Å². The van der Waals surface area contributed by atoms with Crippen LogP contribution in [0.4, 0.5) is 5.69 Å². The van der Waals surface area contributed by atoms with Crippen molar-refractivity contribution in [2.75, 3.05) is 31.1 Å². The minimum atomic E-state index is -0.811. The average Bonchev–Trinajstić information content (AvgIpc) is 3.17. The molecule has 0 bridgehead atoms. The molecule has 0 saturated heterocycles. The largest absolute Gasteiger partial charge is 0.371 e. The van der Waals surface area contributed by atoms with Gasteiger partial charge in [-0.3, -0.25) is 9.36 Å². The summed E-state index contributed by atoms with van der Waals surface area (Å²) in [6, 6.07) is 8.64. The number of carbonyl (C=O) groups excluding carboxylic acids is 1. The highest BCUT2D eigenvalue weighted by molar-refractivity contribution is 5.84. The number of para-hydroxylation sites is 1. The predicted molar refractivity (Wildman–Crippen MR) is 112 cm³/mol. The van der Waals surface area contributed by atoms with Crippen LogP contribution in [-0.4, -0.2) is 46.9 Å². The zero-order chi connectivity index (χ0) is 20.4. The highest BCUT2D eigenvalue weighted by atomic mass is 16.5. The maximum absolute atomic E-state index is 13.1. The number of benzene rings is 1. The number of nitrogens with one attached hydrogen (secondary N) is 1. The molecule has 1 amide bonds. The number of amides is 1. The van der Waals surface area contributed by atoms with Gasteiger partial charge in [0, 0.05) is 31.2 Å². The Morgan fingerprint density at radius 2 is 2.14 bits per heavy atom. The summed E-state index contributed by atoms with van der Waals surface area (Å²) < 4.78 is 7.66. The van der Waals surface area contributed by atoms with E-state index < -0.39 is 5.54 Å². The molecule has 29 heavy (non-hydrogen) atoms. The van der Waals surface area contributed by atoms with E-state index in [-0.39, 0.29) is 11.8 Å². The molecular formula is C22H31N5O2. The molecule has 156 valence electrons. The van der Waals surface area contributed by atoms with Crippen molar-refractivity contribution in [3.05, 3.63) is 41.5 Å². The number of anilines is 1. The predicted octanol–water partition coefficient (Wildman–Crippen LogP) is 2.61. The third-order valence-electron chi connectivity index (χ3n) is 5.97. The van der Waals surface area contributed by atoms with Gasteiger partial charge in [0.15, 0.2) is 5.82 Å². The minimum absolute atomic E-state index is 0.0285. The van der Waals surface area contributed by atoms with Crippen LogP contribution >= 0.6 is 0 Å². The molecule has 7 nitrogen and oxygen atoms in total. The van der Waals surface area contributed by atoms with E-state index in [1.165, 1.54) is 17.7 Å². The molecule has 1 aromatic carbocycles. The molecule has 0 radical (unpaired) electrons. The van der Waals surface area contributed by atoms with Crippen LogP contribution in [0.2, 0.25) is 0 Å². The summed E-state index contributed by atoms with van der Waals surface area (Å²) >= 11 is 0. The smallest absolute Gasteiger partial charge is 0.248 e. The Bertz CT molecular complexity index is 878. The molecule has 7 heteroatoms. The first-order chi connectivity index (χ1) is 14.0. The Morgan fingerprint density at radius 3 is 2.97 bits per heavy atom. The normalized spacial score (nSPS) is 21.0. The monoisotopic (exact) mass is 397 g/mol. The van der Waals surface area contributed by atoms with Gasteiger partial charge in [0.25, 0.3) is 0 Å². The quantitative estimate of drug-likeness (QED) is 0.759. The Kier molecular flexibility index (Phi) is 5.58. The topological polar surface area (TPSA) is 72.3 Å². The van der Waals surface area contributed by atoms with Crippen molar-refractivity contribution in [1.82, 2.24) is 20.1 Å². The van der Waals surface area contributed by atoms with E-state index in [1.807, 2.05) is 11.5 Å². The van der Waals surface area contributed by atoms with E-state index >= 15 is 0 Å². The lowest BCUT2D eigenvalue weighted by atomic mass is 9.99. The van der Waals surface area contributed by atoms with E-state index in [2.05, 4.69) is 58.5 Å². The Hall–Kier alpha value is -2.41. The van der Waals surface area contributed by atoms with Crippen molar-refractivity contribution in [3.63, 3.8) is 0 Å². The number of rotatable bonds is 6. The van der Waals surface area contributed by atoms with Gasteiger partial charge in [0.1, 0.15) is 18.0 Å². The van der Waals surface area contributed by atoms with Crippen LogP contribution in [0.1, 0.15) is 56.7 Å². The van der Waals surface area contributed by atoms with Crippen LogP contribution in [0.5, 0.6) is 0 Å². The summed E-state index contributed by atoms with van der Waals surface area (Å²) in [6.45, 7) is 9.46. The molecule has 0 aliphatic carbocycles. The van der Waals surface area contributed by atoms with Gasteiger partial charge in [-0.2, -0.15) is 0 Å². The lowest BCUT2D eigenvalue weighted by Gasteiger charge is -2.36. The zero-order valence-electron chi connectivity index (χ0n) is 17.6. The fourth-order valence-electron chi connectivity index (χ4n) is 4.41. The van der Waals surface area contributed by atoms with Gasteiger partial charge in [0.05, 0.1) is 6.61 Å². The second kappa shape index (κ2) is 8.14. The summed E-state index contributed by atoms with van der Waals surface area (Å²) in [5.41, 5.74) is 1.96. The van der Waals surface area contributed by atoms with E-state index in [0.717, 1.165) is 37.6 Å². The van der Waals surface area contributed by atoms with Crippen LogP contribution in [0.25, 0.3) is 0 Å². The maximum Gasteiger partial charge on any atom is 0.248 e. The van der Waals surface area contributed by atoms with Crippen LogP contribution < -0.4 is 10.2 Å². The zero-order valence-corrected chi connectivity index (χ0v) is 17.6. The second-order valence-electron chi connectivity index (χ2n) is 8.56. The van der Waals surface area contributed by atoms with E-state index in [0.29, 0.717) is 19.8 Å². The standard InChI is InChI=1S/C22H31N5O2/c1-16(2)20-25-24-19-14-29-15-22(3,27(19)20)21(28)23-11-7-13-26-12-6-9-17-8-4-5-10-18(17)26/h4-5,8,10,16H,6-7,9,11-15H2,1-3H3,(H,23,28). The second-order valence-corrected chi connectivity index (χ2v) is 8.56. The third-order valence-corrected chi connectivity index (χ3v) is 5.97. The van der Waals surface area contributed by atoms with E-state index in [1.54, 1.807) is 0 Å². The van der Waals surface area contributed by atoms with Crippen LogP contribution in [0.3, 0.4) is 0 Å². The van der Waals surface area contributed by atoms with Crippen molar-refractivity contribution in [1.29, 1.82) is 0 Å². The summed E-state index contributed by atoms with van der Waals surface area (Å²) in [5, 5.41) is 11.7. The van der Waals surface area contributed by atoms with Gasteiger partial charge in [-0.1, -0.05) is 32.0 Å². The lowest BCUT2D eigenvalue weighted by molar-refractivity contribution is -0.135. The van der Waals surface area contributed by atoms with Gasteiger partial charge in [-0.05, 0) is 37.8 Å². The molecule has 0 fully saturated rings. The van der Waals surface area contributed by atoms with E-state index in [4.69, 9.17) is 4.74 Å². The molecule has 2 aromatic rings. The van der Waals surface area contributed by atoms with Crippen molar-refractivity contribution >= 4 is 11.6 Å². The maximum atomic E-state index is 13.1. The van der Waals surface area contributed by atoms with Gasteiger partial charge in [-0.15, -0.1) is 10.2 Å². The summed E-state index contributed by atoms with van der Waals surface area (Å²) in [6.07, 6.45) is 3.25. The number of ether oxygens (including phenoxy) is 1. The summed E-state index contributed by atoms with van der Waals surface area (Å²) in [7, 11) is 0. The number of fused-ring (bicyclic) bond motifs is 2. The first-order valence-corrected chi connectivity index (χ1v) is 10.6. The van der Waals surface area contributed by atoms with Gasteiger partial charge in [0.2, 0.25) is 5.91 Å². The van der Waals surface area contributed by atoms with Crippen molar-refractivity contribution in [2.24, 2.45) is 0 Å². The van der Waals surface area contributed by atoms with E-state index in [9.17, 15) is 4.79 Å². The number of aryl methyl sites for hydroxylation is 1. The number of aromatic nitrogens is 3. The Balaban J connectivity index is 1.37. The Morgan fingerprint density at radius 1 is 1.31 bits per heavy atom. The van der Waals surface area contributed by atoms with Crippen molar-refractivity contribution in [2.45, 2.75) is 58.1 Å².